The second-order valence-electron chi connectivity index (χ2n) is 6.27. The predicted octanol–water partition coefficient (Wildman–Crippen LogP) is 0.702. The number of carbonyl (C=O) groups is 1. The summed E-state index contributed by atoms with van der Waals surface area (Å²) in [5.74, 6) is 1.98. The van der Waals surface area contributed by atoms with E-state index < -0.39 is 0 Å². The van der Waals surface area contributed by atoms with Gasteiger partial charge in [-0.3, -0.25) is 4.79 Å². The minimum absolute atomic E-state index is 0.215. The highest BCUT2D eigenvalue weighted by Gasteiger charge is 2.36. The summed E-state index contributed by atoms with van der Waals surface area (Å²) in [7, 11) is 0. The van der Waals surface area contributed by atoms with Gasteiger partial charge in [0.1, 0.15) is 0 Å². The van der Waals surface area contributed by atoms with Crippen molar-refractivity contribution in [3.8, 4) is 0 Å². The van der Waals surface area contributed by atoms with Crippen LogP contribution in [0.4, 0.5) is 0 Å². The first kappa shape index (κ1) is 12.4. The van der Waals surface area contributed by atoms with Crippen molar-refractivity contribution in [3.05, 3.63) is 0 Å². The Morgan fingerprint density at radius 2 is 1.89 bits per heavy atom. The summed E-state index contributed by atoms with van der Waals surface area (Å²) in [5, 5.41) is 10.1. The molecule has 18 heavy (non-hydrogen) atoms. The fourth-order valence-corrected chi connectivity index (χ4v) is 3.99. The molecule has 2 heterocycles. The van der Waals surface area contributed by atoms with Gasteiger partial charge < -0.3 is 14.9 Å². The molecule has 102 valence electrons. The van der Waals surface area contributed by atoms with E-state index in [2.05, 4.69) is 4.90 Å². The average Bonchev–Trinajstić information content (AvgIpc) is 2.96. The Hall–Kier alpha value is -0.610. The SMILES string of the molecule is O=C1CCCN1CC(O)CN1CC2CCCC2C1. The number of fused-ring (bicyclic) bond motifs is 1. The first-order chi connectivity index (χ1) is 8.72. The number of hydrogen-bond acceptors (Lipinski definition) is 3. The summed E-state index contributed by atoms with van der Waals surface area (Å²) in [4.78, 5) is 15.7. The first-order valence-electron chi connectivity index (χ1n) is 7.40. The molecule has 3 atom stereocenters. The van der Waals surface area contributed by atoms with Crippen LogP contribution in [0.25, 0.3) is 0 Å². The van der Waals surface area contributed by atoms with E-state index in [1.54, 1.807) is 0 Å². The molecule has 1 amide bonds. The van der Waals surface area contributed by atoms with E-state index in [0.29, 0.717) is 13.0 Å². The number of likely N-dealkylation sites (tertiary alicyclic amines) is 2. The van der Waals surface area contributed by atoms with E-state index in [1.807, 2.05) is 4.90 Å². The second-order valence-corrected chi connectivity index (χ2v) is 6.27. The normalized spacial score (nSPS) is 34.3. The van der Waals surface area contributed by atoms with E-state index in [4.69, 9.17) is 0 Å². The molecule has 4 nitrogen and oxygen atoms in total. The van der Waals surface area contributed by atoms with Crippen molar-refractivity contribution in [2.45, 2.75) is 38.2 Å². The van der Waals surface area contributed by atoms with Gasteiger partial charge in [-0.2, -0.15) is 0 Å². The number of carbonyl (C=O) groups excluding carboxylic acids is 1. The predicted molar refractivity (Wildman–Crippen MR) is 69.1 cm³/mol. The summed E-state index contributed by atoms with van der Waals surface area (Å²) >= 11 is 0. The van der Waals surface area contributed by atoms with Crippen LogP contribution in [-0.2, 0) is 4.79 Å². The second kappa shape index (κ2) is 5.17. The molecule has 2 saturated heterocycles. The number of β-amino-alcohol motifs (C(OH)–C–C–N with tert-alkyl or cyclic N) is 1. The lowest BCUT2D eigenvalue weighted by Crippen LogP contribution is -2.40. The lowest BCUT2D eigenvalue weighted by Gasteiger charge is -2.24. The van der Waals surface area contributed by atoms with Crippen LogP contribution in [0.15, 0.2) is 0 Å². The molecule has 1 N–H and O–H groups in total. The Morgan fingerprint density at radius 1 is 1.17 bits per heavy atom. The minimum atomic E-state index is -0.370. The summed E-state index contributed by atoms with van der Waals surface area (Å²) in [6, 6.07) is 0. The fourth-order valence-electron chi connectivity index (χ4n) is 3.99. The van der Waals surface area contributed by atoms with E-state index >= 15 is 0 Å². The summed E-state index contributed by atoms with van der Waals surface area (Å²) in [6.45, 7) is 4.44. The summed E-state index contributed by atoms with van der Waals surface area (Å²) in [5.41, 5.74) is 0. The van der Waals surface area contributed by atoms with Crippen LogP contribution in [-0.4, -0.2) is 59.6 Å². The lowest BCUT2D eigenvalue weighted by atomic mass is 10.0. The molecule has 3 fully saturated rings. The Morgan fingerprint density at radius 3 is 2.50 bits per heavy atom. The summed E-state index contributed by atoms with van der Waals surface area (Å²) < 4.78 is 0. The molecule has 2 aliphatic heterocycles. The Labute approximate surface area is 109 Å². The maximum atomic E-state index is 11.5. The van der Waals surface area contributed by atoms with Gasteiger partial charge in [0.25, 0.3) is 0 Å². The van der Waals surface area contributed by atoms with Gasteiger partial charge in [0, 0.05) is 39.1 Å². The minimum Gasteiger partial charge on any atom is -0.390 e. The number of rotatable bonds is 4. The van der Waals surface area contributed by atoms with Crippen molar-refractivity contribution in [3.63, 3.8) is 0 Å². The molecular weight excluding hydrogens is 228 g/mol. The van der Waals surface area contributed by atoms with Gasteiger partial charge in [0.05, 0.1) is 6.10 Å². The van der Waals surface area contributed by atoms with E-state index in [0.717, 1.165) is 44.4 Å². The molecule has 4 heteroatoms. The third kappa shape index (κ3) is 2.54. The largest absolute Gasteiger partial charge is 0.390 e. The molecule has 0 spiro atoms. The molecule has 0 aromatic heterocycles. The highest BCUT2D eigenvalue weighted by Crippen LogP contribution is 2.37. The average molecular weight is 252 g/mol. The van der Waals surface area contributed by atoms with Crippen LogP contribution in [0, 0.1) is 11.8 Å². The van der Waals surface area contributed by atoms with Crippen molar-refractivity contribution in [2.24, 2.45) is 11.8 Å². The number of hydrogen-bond donors (Lipinski definition) is 1. The third-order valence-electron chi connectivity index (χ3n) is 4.87. The van der Waals surface area contributed by atoms with Crippen LogP contribution in [0.5, 0.6) is 0 Å². The van der Waals surface area contributed by atoms with Crippen molar-refractivity contribution in [1.82, 2.24) is 9.80 Å². The monoisotopic (exact) mass is 252 g/mol. The van der Waals surface area contributed by atoms with Crippen molar-refractivity contribution >= 4 is 5.91 Å². The smallest absolute Gasteiger partial charge is 0.222 e. The molecule has 0 radical (unpaired) electrons. The molecule has 0 bridgehead atoms. The van der Waals surface area contributed by atoms with Crippen LogP contribution < -0.4 is 0 Å². The van der Waals surface area contributed by atoms with Crippen LogP contribution in [0.2, 0.25) is 0 Å². The first-order valence-corrected chi connectivity index (χ1v) is 7.40. The number of aliphatic hydroxyl groups excluding tert-OH is 1. The van der Waals surface area contributed by atoms with Crippen LogP contribution in [0.1, 0.15) is 32.1 Å². The summed E-state index contributed by atoms with van der Waals surface area (Å²) in [6.07, 6.45) is 5.41. The fraction of sp³-hybridized carbons (Fsp3) is 0.929. The highest BCUT2D eigenvalue weighted by atomic mass is 16.3. The zero-order chi connectivity index (χ0) is 12.5. The van der Waals surface area contributed by atoms with Gasteiger partial charge in [0.15, 0.2) is 0 Å². The molecule has 3 unspecified atom stereocenters. The van der Waals surface area contributed by atoms with Gasteiger partial charge in [-0.15, -0.1) is 0 Å². The highest BCUT2D eigenvalue weighted by molar-refractivity contribution is 5.78. The van der Waals surface area contributed by atoms with Crippen molar-refractivity contribution < 1.29 is 9.90 Å². The molecule has 3 aliphatic rings. The Bertz CT molecular complexity index is 309. The molecule has 1 aliphatic carbocycles. The van der Waals surface area contributed by atoms with Gasteiger partial charge >= 0.3 is 0 Å². The van der Waals surface area contributed by atoms with E-state index in [9.17, 15) is 9.90 Å². The number of nitrogens with zero attached hydrogens (tertiary/aromatic N) is 2. The maximum Gasteiger partial charge on any atom is 0.222 e. The number of amides is 1. The van der Waals surface area contributed by atoms with Crippen LogP contribution >= 0.6 is 0 Å². The number of aliphatic hydroxyl groups is 1. The van der Waals surface area contributed by atoms with Gasteiger partial charge in [-0.25, -0.2) is 0 Å². The van der Waals surface area contributed by atoms with Gasteiger partial charge in [0.2, 0.25) is 5.91 Å². The topological polar surface area (TPSA) is 43.8 Å². The maximum absolute atomic E-state index is 11.5. The zero-order valence-corrected chi connectivity index (χ0v) is 11.1. The quantitative estimate of drug-likeness (QED) is 0.801. The standard InChI is InChI=1S/C14H24N2O2/c17-13(10-16-6-2-5-14(16)18)9-15-7-11-3-1-4-12(11)8-15/h11-13,17H,1-10H2. The molecule has 1 saturated carbocycles. The third-order valence-corrected chi connectivity index (χ3v) is 4.87. The zero-order valence-electron chi connectivity index (χ0n) is 11.1. The molecule has 0 aromatic carbocycles. The van der Waals surface area contributed by atoms with Gasteiger partial charge in [-0.05, 0) is 31.1 Å². The lowest BCUT2D eigenvalue weighted by molar-refractivity contribution is -0.129. The Balaban J connectivity index is 1.44. The van der Waals surface area contributed by atoms with Gasteiger partial charge in [-0.1, -0.05) is 6.42 Å². The molecule has 0 aromatic rings. The Kier molecular flexibility index (Phi) is 3.57. The van der Waals surface area contributed by atoms with Crippen LogP contribution in [0.3, 0.4) is 0 Å². The van der Waals surface area contributed by atoms with E-state index in [1.165, 1.54) is 19.3 Å². The molecular formula is C14H24N2O2. The molecule has 3 rings (SSSR count). The van der Waals surface area contributed by atoms with Crippen molar-refractivity contribution in [2.75, 3.05) is 32.7 Å². The van der Waals surface area contributed by atoms with Crippen molar-refractivity contribution in [1.29, 1.82) is 0 Å². The van der Waals surface area contributed by atoms with E-state index in [-0.39, 0.29) is 12.0 Å².